The average Bonchev–Trinajstić information content (AvgIpc) is 2.60. The molecule has 0 aliphatic rings. The first-order valence-electron chi connectivity index (χ1n) is 4.53. The van der Waals surface area contributed by atoms with Crippen molar-refractivity contribution < 1.29 is 0 Å². The predicted molar refractivity (Wildman–Crippen MR) is 54.5 cm³/mol. The Morgan fingerprint density at radius 3 is 3.08 bits per heavy atom. The van der Waals surface area contributed by atoms with Crippen molar-refractivity contribution in [2.24, 2.45) is 0 Å². The molecule has 0 aliphatic carbocycles. The predicted octanol–water partition coefficient (Wildman–Crippen LogP) is 1.73. The van der Waals surface area contributed by atoms with Crippen LogP contribution in [0.4, 0.5) is 5.82 Å². The van der Waals surface area contributed by atoms with Crippen molar-refractivity contribution in [3.8, 4) is 11.8 Å². The third-order valence-electron chi connectivity index (χ3n) is 1.70. The van der Waals surface area contributed by atoms with Gasteiger partial charge in [0.05, 0.1) is 0 Å². The zero-order chi connectivity index (χ0) is 9.52. The molecule has 3 heteroatoms. The maximum atomic E-state index is 4.28. The number of aryl methyl sites for hydroxylation is 1. The van der Waals surface area contributed by atoms with Gasteiger partial charge >= 0.3 is 0 Å². The van der Waals surface area contributed by atoms with Gasteiger partial charge in [0, 0.05) is 31.8 Å². The molecule has 0 radical (unpaired) electrons. The summed E-state index contributed by atoms with van der Waals surface area (Å²) in [6.45, 7) is 5.70. The molecule has 0 fully saturated rings. The molecule has 1 N–H and O–H groups in total. The molecule has 70 valence electrons. The fourth-order valence-corrected chi connectivity index (χ4v) is 1.01. The molecule has 0 atom stereocenters. The smallest absolute Gasteiger partial charge is 0.148 e. The molecule has 1 aromatic rings. The summed E-state index contributed by atoms with van der Waals surface area (Å²) in [6, 6.07) is 1.98. The quantitative estimate of drug-likeness (QED) is 0.560. The van der Waals surface area contributed by atoms with Crippen molar-refractivity contribution in [3.05, 3.63) is 12.3 Å². The molecule has 1 rings (SSSR count). The fourth-order valence-electron chi connectivity index (χ4n) is 1.01. The van der Waals surface area contributed by atoms with E-state index >= 15 is 0 Å². The number of hydrogen-bond acceptors (Lipinski definition) is 2. The Hall–Kier alpha value is -1.43. The summed E-state index contributed by atoms with van der Waals surface area (Å²) in [6.07, 6.45) is 2.84. The van der Waals surface area contributed by atoms with Crippen molar-refractivity contribution in [2.75, 3.05) is 11.9 Å². The maximum Gasteiger partial charge on any atom is 0.148 e. The van der Waals surface area contributed by atoms with Crippen molar-refractivity contribution in [3.63, 3.8) is 0 Å². The molecular weight excluding hydrogens is 162 g/mol. The molecule has 0 aromatic carbocycles. The van der Waals surface area contributed by atoms with Crippen LogP contribution in [-0.2, 0) is 6.54 Å². The molecular formula is C10H15N3. The van der Waals surface area contributed by atoms with Crippen molar-refractivity contribution in [1.82, 2.24) is 9.78 Å². The Labute approximate surface area is 79.1 Å². The van der Waals surface area contributed by atoms with E-state index in [1.807, 2.05) is 23.9 Å². The van der Waals surface area contributed by atoms with Gasteiger partial charge in [-0.1, -0.05) is 0 Å². The van der Waals surface area contributed by atoms with Crippen LogP contribution in [0.2, 0.25) is 0 Å². The van der Waals surface area contributed by atoms with Gasteiger partial charge in [-0.3, -0.25) is 4.68 Å². The van der Waals surface area contributed by atoms with E-state index in [-0.39, 0.29) is 0 Å². The van der Waals surface area contributed by atoms with E-state index in [0.717, 1.165) is 25.3 Å². The first-order valence-corrected chi connectivity index (χ1v) is 4.53. The lowest BCUT2D eigenvalue weighted by Crippen LogP contribution is -2.02. The van der Waals surface area contributed by atoms with E-state index in [9.17, 15) is 0 Å². The van der Waals surface area contributed by atoms with E-state index in [4.69, 9.17) is 0 Å². The molecule has 0 saturated carbocycles. The molecule has 0 spiro atoms. The first kappa shape index (κ1) is 9.66. The van der Waals surface area contributed by atoms with Crippen LogP contribution in [0.1, 0.15) is 20.3 Å². The van der Waals surface area contributed by atoms with Gasteiger partial charge in [0.1, 0.15) is 5.82 Å². The Bertz CT molecular complexity index is 303. The summed E-state index contributed by atoms with van der Waals surface area (Å²) in [4.78, 5) is 0. The van der Waals surface area contributed by atoms with Crippen LogP contribution in [0.3, 0.4) is 0 Å². The molecule has 1 heterocycles. The number of aromatic nitrogens is 2. The Morgan fingerprint density at radius 2 is 2.46 bits per heavy atom. The van der Waals surface area contributed by atoms with E-state index in [0.29, 0.717) is 0 Å². The van der Waals surface area contributed by atoms with Crippen molar-refractivity contribution in [1.29, 1.82) is 0 Å². The highest BCUT2D eigenvalue weighted by Crippen LogP contribution is 2.01. The highest BCUT2D eigenvalue weighted by Gasteiger charge is 1.94. The van der Waals surface area contributed by atoms with Gasteiger partial charge in [-0.05, 0) is 13.8 Å². The summed E-state index contributed by atoms with van der Waals surface area (Å²) in [5.74, 6) is 6.78. The average molecular weight is 177 g/mol. The maximum absolute atomic E-state index is 4.28. The van der Waals surface area contributed by atoms with Gasteiger partial charge in [0.25, 0.3) is 0 Å². The van der Waals surface area contributed by atoms with Gasteiger partial charge in [0.2, 0.25) is 0 Å². The van der Waals surface area contributed by atoms with Crippen LogP contribution in [-0.4, -0.2) is 16.3 Å². The van der Waals surface area contributed by atoms with E-state index in [1.165, 1.54) is 0 Å². The minimum Gasteiger partial charge on any atom is -0.368 e. The number of anilines is 1. The highest BCUT2D eigenvalue weighted by atomic mass is 15.3. The van der Waals surface area contributed by atoms with E-state index < -0.39 is 0 Å². The molecule has 1 aromatic heterocycles. The summed E-state index contributed by atoms with van der Waals surface area (Å²) in [5.41, 5.74) is 0. The summed E-state index contributed by atoms with van der Waals surface area (Å²) in [5, 5.41) is 7.48. The Kier molecular flexibility index (Phi) is 3.90. The largest absolute Gasteiger partial charge is 0.368 e. The second-order valence-electron chi connectivity index (χ2n) is 2.66. The summed E-state index contributed by atoms with van der Waals surface area (Å²) >= 11 is 0. The third kappa shape index (κ3) is 3.20. The van der Waals surface area contributed by atoms with Crippen LogP contribution in [0.5, 0.6) is 0 Å². The molecule has 0 amide bonds. The molecule has 0 aliphatic heterocycles. The number of hydrogen-bond donors (Lipinski definition) is 1. The zero-order valence-corrected chi connectivity index (χ0v) is 8.17. The standard InChI is InChI=1S/C10H15N3/c1-3-5-6-8-11-10-7-9-13(4-2)12-10/h7,9H,4,6,8H2,1-2H3,(H,11,12). The highest BCUT2D eigenvalue weighted by molar-refractivity contribution is 5.32. The van der Waals surface area contributed by atoms with Crippen LogP contribution < -0.4 is 5.32 Å². The monoisotopic (exact) mass is 177 g/mol. The van der Waals surface area contributed by atoms with Gasteiger partial charge < -0.3 is 5.32 Å². The molecule has 3 nitrogen and oxygen atoms in total. The summed E-state index contributed by atoms with van der Waals surface area (Å²) < 4.78 is 1.90. The number of rotatable bonds is 4. The third-order valence-corrected chi connectivity index (χ3v) is 1.70. The van der Waals surface area contributed by atoms with Crippen LogP contribution in [0, 0.1) is 11.8 Å². The summed E-state index contributed by atoms with van der Waals surface area (Å²) in [7, 11) is 0. The Morgan fingerprint density at radius 1 is 1.62 bits per heavy atom. The molecule has 0 unspecified atom stereocenters. The molecule has 0 bridgehead atoms. The minimum atomic E-state index is 0.863. The first-order chi connectivity index (χ1) is 6.36. The SMILES string of the molecule is CC#CCCNc1ccn(CC)n1. The van der Waals surface area contributed by atoms with Gasteiger partial charge in [-0.15, -0.1) is 11.8 Å². The second-order valence-corrected chi connectivity index (χ2v) is 2.66. The van der Waals surface area contributed by atoms with Gasteiger partial charge in [0.15, 0.2) is 0 Å². The lowest BCUT2D eigenvalue weighted by atomic mass is 10.4. The molecule has 0 saturated heterocycles. The second kappa shape index (κ2) is 5.26. The van der Waals surface area contributed by atoms with Crippen molar-refractivity contribution >= 4 is 5.82 Å². The normalized spacial score (nSPS) is 9.08. The van der Waals surface area contributed by atoms with E-state index in [2.05, 4.69) is 29.2 Å². The lowest BCUT2D eigenvalue weighted by molar-refractivity contribution is 0.661. The lowest BCUT2D eigenvalue weighted by Gasteiger charge is -1.98. The van der Waals surface area contributed by atoms with Crippen molar-refractivity contribution in [2.45, 2.75) is 26.8 Å². The van der Waals surface area contributed by atoms with E-state index in [1.54, 1.807) is 0 Å². The Balaban J connectivity index is 2.31. The zero-order valence-electron chi connectivity index (χ0n) is 8.17. The van der Waals surface area contributed by atoms with Crippen LogP contribution in [0.15, 0.2) is 12.3 Å². The number of nitrogens with one attached hydrogen (secondary N) is 1. The minimum absolute atomic E-state index is 0.863. The van der Waals surface area contributed by atoms with Gasteiger partial charge in [-0.25, -0.2) is 0 Å². The number of nitrogens with zero attached hydrogens (tertiary/aromatic N) is 2. The van der Waals surface area contributed by atoms with Crippen LogP contribution >= 0.6 is 0 Å². The van der Waals surface area contributed by atoms with Crippen LogP contribution in [0.25, 0.3) is 0 Å². The topological polar surface area (TPSA) is 29.9 Å². The molecule has 13 heavy (non-hydrogen) atoms. The fraction of sp³-hybridized carbons (Fsp3) is 0.500. The van der Waals surface area contributed by atoms with Gasteiger partial charge in [-0.2, -0.15) is 5.10 Å².